The van der Waals surface area contributed by atoms with Crippen LogP contribution in [0.2, 0.25) is 0 Å². The van der Waals surface area contributed by atoms with Gasteiger partial charge in [0.2, 0.25) is 0 Å². The molecule has 0 heterocycles. The fourth-order valence-electron chi connectivity index (χ4n) is 1.64. The summed E-state index contributed by atoms with van der Waals surface area (Å²) in [6.45, 7) is 0.783. The van der Waals surface area contributed by atoms with Crippen molar-refractivity contribution in [1.82, 2.24) is 4.90 Å². The van der Waals surface area contributed by atoms with Crippen molar-refractivity contribution < 1.29 is 9.18 Å². The number of benzene rings is 1. The Kier molecular flexibility index (Phi) is 3.47. The average Bonchev–Trinajstić information content (AvgIpc) is 3.04. The van der Waals surface area contributed by atoms with E-state index in [2.05, 4.69) is 22.6 Å². The first kappa shape index (κ1) is 11.8. The van der Waals surface area contributed by atoms with Crippen molar-refractivity contribution in [3.63, 3.8) is 0 Å². The van der Waals surface area contributed by atoms with E-state index in [0.29, 0.717) is 11.5 Å². The van der Waals surface area contributed by atoms with E-state index >= 15 is 0 Å². The Bertz CT molecular complexity index is 417. The van der Waals surface area contributed by atoms with Crippen LogP contribution in [0.15, 0.2) is 18.2 Å². The lowest BCUT2D eigenvalue weighted by Crippen LogP contribution is -2.29. The van der Waals surface area contributed by atoms with Crippen LogP contribution in [0.1, 0.15) is 23.2 Å². The molecule has 0 aromatic heterocycles. The number of carbonyl (C=O) groups excluding carboxylic acids is 1. The predicted molar refractivity (Wildman–Crippen MR) is 68.8 cm³/mol. The normalized spacial score (nSPS) is 14.9. The zero-order chi connectivity index (χ0) is 11.7. The van der Waals surface area contributed by atoms with E-state index < -0.39 is 0 Å². The van der Waals surface area contributed by atoms with Crippen LogP contribution in [0.4, 0.5) is 4.39 Å². The quantitative estimate of drug-likeness (QED) is 0.779. The van der Waals surface area contributed by atoms with Crippen LogP contribution in [-0.2, 0) is 0 Å². The molecule has 4 heteroatoms. The molecule has 0 bridgehead atoms. The van der Waals surface area contributed by atoms with Gasteiger partial charge in [-0.25, -0.2) is 4.39 Å². The minimum Gasteiger partial charge on any atom is -0.341 e. The molecule has 0 spiro atoms. The molecule has 86 valence electrons. The standard InChI is InChI=1S/C12H13FINO/c1-15(7-8-2-3-8)12(16)10-6-9(13)4-5-11(10)14/h4-6,8H,2-3,7H2,1H3. The third-order valence-corrected chi connectivity index (χ3v) is 3.68. The highest BCUT2D eigenvalue weighted by Gasteiger charge is 2.25. The average molecular weight is 333 g/mol. The Morgan fingerprint density at radius 2 is 2.25 bits per heavy atom. The molecular weight excluding hydrogens is 320 g/mol. The Morgan fingerprint density at radius 3 is 2.88 bits per heavy atom. The zero-order valence-electron chi connectivity index (χ0n) is 9.04. The Morgan fingerprint density at radius 1 is 1.56 bits per heavy atom. The summed E-state index contributed by atoms with van der Waals surface area (Å²) in [4.78, 5) is 13.7. The number of halogens is 2. The second kappa shape index (κ2) is 4.69. The third kappa shape index (κ3) is 2.72. The molecule has 16 heavy (non-hydrogen) atoms. The second-order valence-electron chi connectivity index (χ2n) is 4.25. The monoisotopic (exact) mass is 333 g/mol. The predicted octanol–water partition coefficient (Wildman–Crippen LogP) is 2.91. The van der Waals surface area contributed by atoms with E-state index in [1.54, 1.807) is 18.0 Å². The van der Waals surface area contributed by atoms with Gasteiger partial charge in [-0.2, -0.15) is 0 Å². The van der Waals surface area contributed by atoms with Gasteiger partial charge in [0.25, 0.3) is 5.91 Å². The van der Waals surface area contributed by atoms with Gasteiger partial charge in [0.1, 0.15) is 5.82 Å². The maximum absolute atomic E-state index is 13.1. The Hall–Kier alpha value is -0.650. The molecule has 1 fully saturated rings. The SMILES string of the molecule is CN(CC1CC1)C(=O)c1cc(F)ccc1I. The lowest BCUT2D eigenvalue weighted by molar-refractivity contribution is 0.0787. The fourth-order valence-corrected chi connectivity index (χ4v) is 2.20. The molecule has 1 aliphatic rings. The lowest BCUT2D eigenvalue weighted by atomic mass is 10.2. The zero-order valence-corrected chi connectivity index (χ0v) is 11.2. The van der Waals surface area contributed by atoms with Gasteiger partial charge in [0.15, 0.2) is 0 Å². The van der Waals surface area contributed by atoms with E-state index in [1.807, 2.05) is 0 Å². The highest BCUT2D eigenvalue weighted by Crippen LogP contribution is 2.29. The first-order valence-corrected chi connectivity index (χ1v) is 6.36. The molecule has 0 N–H and O–H groups in total. The maximum atomic E-state index is 13.1. The van der Waals surface area contributed by atoms with Crippen molar-refractivity contribution in [3.8, 4) is 0 Å². The van der Waals surface area contributed by atoms with Gasteiger partial charge in [0.05, 0.1) is 5.56 Å². The van der Waals surface area contributed by atoms with Gasteiger partial charge in [-0.1, -0.05) is 0 Å². The number of carbonyl (C=O) groups is 1. The molecule has 1 saturated carbocycles. The summed E-state index contributed by atoms with van der Waals surface area (Å²) >= 11 is 2.06. The van der Waals surface area contributed by atoms with Gasteiger partial charge in [0, 0.05) is 17.2 Å². The minimum absolute atomic E-state index is 0.0872. The highest BCUT2D eigenvalue weighted by atomic mass is 127. The summed E-state index contributed by atoms with van der Waals surface area (Å²) in [6.07, 6.45) is 2.41. The summed E-state index contributed by atoms with van der Waals surface area (Å²) in [7, 11) is 1.78. The highest BCUT2D eigenvalue weighted by molar-refractivity contribution is 14.1. The van der Waals surface area contributed by atoms with E-state index in [-0.39, 0.29) is 11.7 Å². The van der Waals surface area contributed by atoms with Crippen LogP contribution >= 0.6 is 22.6 Å². The topological polar surface area (TPSA) is 20.3 Å². The van der Waals surface area contributed by atoms with Crippen molar-refractivity contribution >= 4 is 28.5 Å². The van der Waals surface area contributed by atoms with Gasteiger partial charge in [-0.15, -0.1) is 0 Å². The van der Waals surface area contributed by atoms with Crippen molar-refractivity contribution in [1.29, 1.82) is 0 Å². The molecule has 0 unspecified atom stereocenters. The lowest BCUT2D eigenvalue weighted by Gasteiger charge is -2.17. The van der Waals surface area contributed by atoms with E-state index in [0.717, 1.165) is 10.1 Å². The number of amides is 1. The van der Waals surface area contributed by atoms with Crippen molar-refractivity contribution in [2.75, 3.05) is 13.6 Å². The fraction of sp³-hybridized carbons (Fsp3) is 0.417. The maximum Gasteiger partial charge on any atom is 0.254 e. The van der Waals surface area contributed by atoms with E-state index in [4.69, 9.17) is 0 Å². The molecular formula is C12H13FINO. The van der Waals surface area contributed by atoms with E-state index in [1.165, 1.54) is 25.0 Å². The van der Waals surface area contributed by atoms with Crippen molar-refractivity contribution in [2.45, 2.75) is 12.8 Å². The molecule has 2 rings (SSSR count). The summed E-state index contributed by atoms with van der Waals surface area (Å²) < 4.78 is 13.9. The van der Waals surface area contributed by atoms with Gasteiger partial charge in [-0.3, -0.25) is 4.79 Å². The molecule has 1 aromatic rings. The van der Waals surface area contributed by atoms with Crippen LogP contribution < -0.4 is 0 Å². The van der Waals surface area contributed by atoms with Gasteiger partial charge < -0.3 is 4.90 Å². The Labute approximate surface area is 108 Å². The second-order valence-corrected chi connectivity index (χ2v) is 5.42. The number of rotatable bonds is 3. The van der Waals surface area contributed by atoms with Crippen LogP contribution in [0.25, 0.3) is 0 Å². The molecule has 1 amide bonds. The van der Waals surface area contributed by atoms with E-state index in [9.17, 15) is 9.18 Å². The summed E-state index contributed by atoms with van der Waals surface area (Å²) in [5.74, 6) is 0.208. The first-order valence-electron chi connectivity index (χ1n) is 5.28. The number of nitrogens with zero attached hydrogens (tertiary/aromatic N) is 1. The minimum atomic E-state index is -0.358. The first-order chi connectivity index (χ1) is 7.58. The summed E-state index contributed by atoms with van der Waals surface area (Å²) in [5, 5.41) is 0. The molecule has 2 nitrogen and oxygen atoms in total. The molecule has 1 aliphatic carbocycles. The van der Waals surface area contributed by atoms with Gasteiger partial charge >= 0.3 is 0 Å². The van der Waals surface area contributed by atoms with Crippen LogP contribution in [0, 0.1) is 15.3 Å². The smallest absolute Gasteiger partial charge is 0.254 e. The molecule has 1 aromatic carbocycles. The number of hydrogen-bond donors (Lipinski definition) is 0. The third-order valence-electron chi connectivity index (χ3n) is 2.73. The number of hydrogen-bond acceptors (Lipinski definition) is 1. The van der Waals surface area contributed by atoms with Crippen molar-refractivity contribution in [2.24, 2.45) is 5.92 Å². The van der Waals surface area contributed by atoms with Crippen molar-refractivity contribution in [3.05, 3.63) is 33.1 Å². The molecule has 0 saturated heterocycles. The van der Waals surface area contributed by atoms with Crippen LogP contribution in [0.3, 0.4) is 0 Å². The largest absolute Gasteiger partial charge is 0.341 e. The van der Waals surface area contributed by atoms with Crippen LogP contribution in [-0.4, -0.2) is 24.4 Å². The Balaban J connectivity index is 2.14. The van der Waals surface area contributed by atoms with Gasteiger partial charge in [-0.05, 0) is 59.5 Å². The van der Waals surface area contributed by atoms with Crippen LogP contribution in [0.5, 0.6) is 0 Å². The summed E-state index contributed by atoms with van der Waals surface area (Å²) in [5.41, 5.74) is 0.462. The molecule has 0 atom stereocenters. The molecule has 0 aliphatic heterocycles. The molecule has 0 radical (unpaired) electrons. The summed E-state index contributed by atoms with van der Waals surface area (Å²) in [6, 6.07) is 4.32.